The summed E-state index contributed by atoms with van der Waals surface area (Å²) in [4.78, 5) is 16.3. The quantitative estimate of drug-likeness (QED) is 0.648. The lowest BCUT2D eigenvalue weighted by Crippen LogP contribution is -2.42. The minimum atomic E-state index is -0.382. The lowest BCUT2D eigenvalue weighted by molar-refractivity contribution is -0.384. The highest BCUT2D eigenvalue weighted by Crippen LogP contribution is 2.26. The van der Waals surface area contributed by atoms with Crippen LogP contribution in [0.2, 0.25) is 0 Å². The van der Waals surface area contributed by atoms with Gasteiger partial charge in [0.1, 0.15) is 11.9 Å². The SMILES string of the molecule is CN(CC1CCCCN1)c1ccncc1[N+](=O)[O-]. The molecule has 1 unspecified atom stereocenters. The number of nitrogens with zero attached hydrogens (tertiary/aromatic N) is 3. The molecule has 98 valence electrons. The first-order valence-corrected chi connectivity index (χ1v) is 6.21. The van der Waals surface area contributed by atoms with Crippen molar-refractivity contribution in [3.63, 3.8) is 0 Å². The zero-order valence-corrected chi connectivity index (χ0v) is 10.5. The third kappa shape index (κ3) is 2.95. The molecule has 1 aromatic heterocycles. The smallest absolute Gasteiger partial charge is 0.310 e. The Morgan fingerprint density at radius 3 is 3.11 bits per heavy atom. The van der Waals surface area contributed by atoms with Crippen LogP contribution in [0, 0.1) is 10.1 Å². The number of hydrogen-bond acceptors (Lipinski definition) is 5. The van der Waals surface area contributed by atoms with E-state index in [9.17, 15) is 10.1 Å². The van der Waals surface area contributed by atoms with Crippen molar-refractivity contribution in [3.8, 4) is 0 Å². The van der Waals surface area contributed by atoms with Crippen molar-refractivity contribution in [1.82, 2.24) is 10.3 Å². The maximum Gasteiger partial charge on any atom is 0.310 e. The highest BCUT2D eigenvalue weighted by atomic mass is 16.6. The summed E-state index contributed by atoms with van der Waals surface area (Å²) >= 11 is 0. The van der Waals surface area contributed by atoms with E-state index < -0.39 is 0 Å². The molecule has 0 aliphatic carbocycles. The summed E-state index contributed by atoms with van der Waals surface area (Å²) in [5.41, 5.74) is 0.693. The van der Waals surface area contributed by atoms with Crippen LogP contribution in [0.25, 0.3) is 0 Å². The minimum absolute atomic E-state index is 0.0656. The van der Waals surface area contributed by atoms with E-state index in [1.54, 1.807) is 12.3 Å². The number of rotatable bonds is 4. The maximum absolute atomic E-state index is 10.9. The number of nitrogens with one attached hydrogen (secondary N) is 1. The number of likely N-dealkylation sites (N-methyl/N-ethyl adjacent to an activating group) is 1. The lowest BCUT2D eigenvalue weighted by atomic mass is 10.0. The van der Waals surface area contributed by atoms with Gasteiger partial charge < -0.3 is 10.2 Å². The van der Waals surface area contributed by atoms with Gasteiger partial charge in [0, 0.05) is 25.8 Å². The fourth-order valence-corrected chi connectivity index (χ4v) is 2.35. The number of anilines is 1. The molecule has 6 heteroatoms. The Hall–Kier alpha value is -1.69. The third-order valence-electron chi connectivity index (χ3n) is 3.29. The number of nitro groups is 1. The first kappa shape index (κ1) is 12.8. The van der Waals surface area contributed by atoms with Gasteiger partial charge in [-0.15, -0.1) is 0 Å². The molecule has 2 heterocycles. The van der Waals surface area contributed by atoms with Crippen LogP contribution in [-0.4, -0.2) is 36.1 Å². The van der Waals surface area contributed by atoms with Crippen LogP contribution >= 0.6 is 0 Å². The Morgan fingerprint density at radius 1 is 1.61 bits per heavy atom. The van der Waals surface area contributed by atoms with Gasteiger partial charge in [-0.25, -0.2) is 0 Å². The molecule has 0 bridgehead atoms. The molecule has 1 aromatic rings. The second-order valence-electron chi connectivity index (χ2n) is 4.65. The fraction of sp³-hybridized carbons (Fsp3) is 0.583. The number of pyridine rings is 1. The van der Waals surface area contributed by atoms with Crippen LogP contribution in [0.5, 0.6) is 0 Å². The molecule has 0 spiro atoms. The molecule has 1 saturated heterocycles. The standard InChI is InChI=1S/C12H18N4O2/c1-15(9-10-4-2-3-6-14-10)11-5-7-13-8-12(11)16(17)18/h5,7-8,10,14H,2-4,6,9H2,1H3. The van der Waals surface area contributed by atoms with Crippen molar-refractivity contribution in [3.05, 3.63) is 28.6 Å². The van der Waals surface area contributed by atoms with E-state index in [4.69, 9.17) is 0 Å². The van der Waals surface area contributed by atoms with Gasteiger partial charge in [-0.3, -0.25) is 15.1 Å². The van der Waals surface area contributed by atoms with Crippen LogP contribution in [0.1, 0.15) is 19.3 Å². The van der Waals surface area contributed by atoms with E-state index in [0.717, 1.165) is 19.5 Å². The van der Waals surface area contributed by atoms with Gasteiger partial charge in [0.05, 0.1) is 4.92 Å². The molecule has 0 saturated carbocycles. The second-order valence-corrected chi connectivity index (χ2v) is 4.65. The van der Waals surface area contributed by atoms with E-state index in [-0.39, 0.29) is 10.6 Å². The predicted molar refractivity (Wildman–Crippen MR) is 69.8 cm³/mol. The van der Waals surface area contributed by atoms with Gasteiger partial charge >= 0.3 is 5.69 Å². The first-order valence-electron chi connectivity index (χ1n) is 6.21. The fourth-order valence-electron chi connectivity index (χ4n) is 2.35. The van der Waals surface area contributed by atoms with E-state index in [1.165, 1.54) is 19.0 Å². The van der Waals surface area contributed by atoms with Crippen molar-refractivity contribution in [2.45, 2.75) is 25.3 Å². The molecule has 1 atom stereocenters. The largest absolute Gasteiger partial charge is 0.367 e. The summed E-state index contributed by atoms with van der Waals surface area (Å²) < 4.78 is 0. The summed E-state index contributed by atoms with van der Waals surface area (Å²) in [6.07, 6.45) is 6.47. The van der Waals surface area contributed by atoms with E-state index in [0.29, 0.717) is 11.7 Å². The maximum atomic E-state index is 10.9. The molecule has 1 fully saturated rings. The molecule has 1 aliphatic heterocycles. The normalized spacial score (nSPS) is 19.5. The van der Waals surface area contributed by atoms with Gasteiger partial charge in [0.25, 0.3) is 0 Å². The van der Waals surface area contributed by atoms with E-state index in [2.05, 4.69) is 10.3 Å². The third-order valence-corrected chi connectivity index (χ3v) is 3.29. The van der Waals surface area contributed by atoms with Crippen LogP contribution in [-0.2, 0) is 0 Å². The molecule has 0 radical (unpaired) electrons. The highest BCUT2D eigenvalue weighted by Gasteiger charge is 2.20. The topological polar surface area (TPSA) is 71.3 Å². The Labute approximate surface area is 106 Å². The Kier molecular flexibility index (Phi) is 4.09. The van der Waals surface area contributed by atoms with Gasteiger partial charge in [0.15, 0.2) is 0 Å². The number of piperidine rings is 1. The molecule has 1 aliphatic rings. The van der Waals surface area contributed by atoms with Crippen LogP contribution < -0.4 is 10.2 Å². The van der Waals surface area contributed by atoms with Gasteiger partial charge in [-0.2, -0.15) is 0 Å². The average molecular weight is 250 g/mol. The lowest BCUT2D eigenvalue weighted by Gasteiger charge is -2.29. The second kappa shape index (κ2) is 5.77. The zero-order chi connectivity index (χ0) is 13.0. The predicted octanol–water partition coefficient (Wildman–Crippen LogP) is 1.57. The van der Waals surface area contributed by atoms with Crippen LogP contribution in [0.15, 0.2) is 18.5 Å². The Bertz CT molecular complexity index is 418. The zero-order valence-electron chi connectivity index (χ0n) is 10.5. The summed E-state index contributed by atoms with van der Waals surface area (Å²) in [6, 6.07) is 2.11. The van der Waals surface area contributed by atoms with Crippen molar-refractivity contribution >= 4 is 11.4 Å². The number of hydrogen-bond donors (Lipinski definition) is 1. The van der Waals surface area contributed by atoms with Crippen molar-refractivity contribution in [1.29, 1.82) is 0 Å². The summed E-state index contributed by atoms with van der Waals surface area (Å²) in [6.45, 7) is 1.82. The molecule has 2 rings (SSSR count). The van der Waals surface area contributed by atoms with Crippen molar-refractivity contribution in [2.24, 2.45) is 0 Å². The van der Waals surface area contributed by atoms with Crippen LogP contribution in [0.3, 0.4) is 0 Å². The molecular formula is C12H18N4O2. The van der Waals surface area contributed by atoms with Crippen molar-refractivity contribution in [2.75, 3.05) is 25.0 Å². The highest BCUT2D eigenvalue weighted by molar-refractivity contribution is 5.61. The molecular weight excluding hydrogens is 232 g/mol. The number of aromatic nitrogens is 1. The molecule has 18 heavy (non-hydrogen) atoms. The summed E-state index contributed by atoms with van der Waals surface area (Å²) in [5.74, 6) is 0. The van der Waals surface area contributed by atoms with Gasteiger partial charge in [0.2, 0.25) is 0 Å². The Balaban J connectivity index is 2.08. The average Bonchev–Trinajstić information content (AvgIpc) is 2.40. The van der Waals surface area contributed by atoms with Crippen LogP contribution in [0.4, 0.5) is 11.4 Å². The van der Waals surface area contributed by atoms with E-state index >= 15 is 0 Å². The Morgan fingerprint density at radius 2 is 2.44 bits per heavy atom. The van der Waals surface area contributed by atoms with Gasteiger partial charge in [-0.1, -0.05) is 6.42 Å². The van der Waals surface area contributed by atoms with E-state index in [1.807, 2.05) is 11.9 Å². The summed E-state index contributed by atoms with van der Waals surface area (Å²) in [5, 5.41) is 14.4. The molecule has 6 nitrogen and oxygen atoms in total. The molecule has 1 N–H and O–H groups in total. The minimum Gasteiger partial charge on any atom is -0.367 e. The van der Waals surface area contributed by atoms with Crippen molar-refractivity contribution < 1.29 is 4.92 Å². The van der Waals surface area contributed by atoms with Gasteiger partial charge in [-0.05, 0) is 25.5 Å². The molecule has 0 aromatic carbocycles. The first-order chi connectivity index (χ1) is 8.68. The summed E-state index contributed by atoms with van der Waals surface area (Å²) in [7, 11) is 1.89. The molecule has 0 amide bonds. The monoisotopic (exact) mass is 250 g/mol.